The average molecular weight is 179 g/mol. The van der Waals surface area contributed by atoms with Gasteiger partial charge in [0.2, 0.25) is 0 Å². The normalized spacial score (nSPS) is 20.7. The fourth-order valence-corrected chi connectivity index (χ4v) is 2.55. The minimum Gasteiger partial charge on any atom is -0.245 e. The zero-order chi connectivity index (χ0) is 7.56. The standard InChI is InChI=1S/C6H10FNS2/c1-3-5-4-8(2)10-6(5)9-7/h3-4H2,1-2H3. The van der Waals surface area contributed by atoms with Crippen LogP contribution in [0.4, 0.5) is 3.89 Å². The molecule has 4 heteroatoms. The van der Waals surface area contributed by atoms with E-state index in [1.807, 2.05) is 11.4 Å². The first kappa shape index (κ1) is 8.43. The lowest BCUT2D eigenvalue weighted by Gasteiger charge is -2.03. The highest BCUT2D eigenvalue weighted by molar-refractivity contribution is 8.19. The summed E-state index contributed by atoms with van der Waals surface area (Å²) in [6.07, 6.45) is 0.962. The van der Waals surface area contributed by atoms with Gasteiger partial charge in [-0.05, 0) is 31.0 Å². The second-order valence-electron chi connectivity index (χ2n) is 2.20. The van der Waals surface area contributed by atoms with Crippen LogP contribution in [-0.4, -0.2) is 17.9 Å². The summed E-state index contributed by atoms with van der Waals surface area (Å²) in [5.74, 6) is 0. The molecule has 1 aliphatic rings. The van der Waals surface area contributed by atoms with Crippen molar-refractivity contribution < 1.29 is 3.89 Å². The lowest BCUT2D eigenvalue weighted by molar-refractivity contribution is 0.624. The Balaban J connectivity index is 2.61. The van der Waals surface area contributed by atoms with Crippen molar-refractivity contribution in [2.45, 2.75) is 13.3 Å². The van der Waals surface area contributed by atoms with Crippen LogP contribution in [0.5, 0.6) is 0 Å². The van der Waals surface area contributed by atoms with Gasteiger partial charge in [-0.25, -0.2) is 4.31 Å². The van der Waals surface area contributed by atoms with E-state index >= 15 is 0 Å². The molecule has 0 bridgehead atoms. The Kier molecular flexibility index (Phi) is 3.07. The van der Waals surface area contributed by atoms with E-state index in [1.54, 1.807) is 0 Å². The highest BCUT2D eigenvalue weighted by atomic mass is 32.2. The van der Waals surface area contributed by atoms with Crippen molar-refractivity contribution in [2.24, 2.45) is 0 Å². The van der Waals surface area contributed by atoms with Gasteiger partial charge < -0.3 is 0 Å². The molecule has 1 aliphatic heterocycles. The van der Waals surface area contributed by atoms with Crippen LogP contribution >= 0.6 is 24.1 Å². The Morgan fingerprint density at radius 2 is 2.50 bits per heavy atom. The summed E-state index contributed by atoms with van der Waals surface area (Å²) in [6.45, 7) is 2.97. The van der Waals surface area contributed by atoms with Crippen LogP contribution in [0.1, 0.15) is 13.3 Å². The molecule has 0 aromatic rings. The van der Waals surface area contributed by atoms with Gasteiger partial charge in [-0.1, -0.05) is 6.92 Å². The molecule has 58 valence electrons. The van der Waals surface area contributed by atoms with Crippen molar-refractivity contribution in [2.75, 3.05) is 13.6 Å². The lowest BCUT2D eigenvalue weighted by atomic mass is 10.2. The third-order valence-electron chi connectivity index (χ3n) is 1.44. The predicted octanol–water partition coefficient (Wildman–Crippen LogP) is 2.82. The number of likely N-dealkylation sites (N-methyl/N-ethyl adjacent to an activating group) is 1. The SMILES string of the molecule is CCC1=C(SF)SN(C)C1. The average Bonchev–Trinajstić information content (AvgIpc) is 2.30. The number of rotatable bonds is 2. The second-order valence-corrected chi connectivity index (χ2v) is 4.23. The van der Waals surface area contributed by atoms with Crippen LogP contribution in [0.3, 0.4) is 0 Å². The van der Waals surface area contributed by atoms with E-state index in [9.17, 15) is 3.89 Å². The molecule has 0 N–H and O–H groups in total. The summed E-state index contributed by atoms with van der Waals surface area (Å²) < 4.78 is 15.0. The van der Waals surface area contributed by atoms with Gasteiger partial charge in [0.15, 0.2) is 0 Å². The topological polar surface area (TPSA) is 3.24 Å². The smallest absolute Gasteiger partial charge is 0.0896 e. The molecule has 0 aromatic carbocycles. The lowest BCUT2D eigenvalue weighted by Crippen LogP contribution is -2.05. The molecule has 0 amide bonds. The summed E-state index contributed by atoms with van der Waals surface area (Å²) in [6, 6.07) is 0. The molecular formula is C6H10FNS2. The Labute approximate surface area is 69.5 Å². The van der Waals surface area contributed by atoms with Gasteiger partial charge in [0.1, 0.15) is 0 Å². The molecule has 1 nitrogen and oxygen atoms in total. The van der Waals surface area contributed by atoms with E-state index in [0.717, 1.165) is 17.2 Å². The molecule has 0 spiro atoms. The van der Waals surface area contributed by atoms with Crippen LogP contribution < -0.4 is 0 Å². The molecule has 0 aromatic heterocycles. The van der Waals surface area contributed by atoms with Gasteiger partial charge in [-0.3, -0.25) is 0 Å². The Bertz CT molecular complexity index is 142. The van der Waals surface area contributed by atoms with Gasteiger partial charge in [-0.2, -0.15) is 3.89 Å². The maximum Gasteiger partial charge on any atom is 0.0896 e. The van der Waals surface area contributed by atoms with E-state index in [1.165, 1.54) is 17.5 Å². The molecule has 0 saturated carbocycles. The molecular weight excluding hydrogens is 169 g/mol. The highest BCUT2D eigenvalue weighted by Gasteiger charge is 2.19. The van der Waals surface area contributed by atoms with Gasteiger partial charge >= 0.3 is 0 Å². The quantitative estimate of drug-likeness (QED) is 0.600. The number of nitrogens with zero attached hydrogens (tertiary/aromatic N) is 1. The van der Waals surface area contributed by atoms with Crippen molar-refractivity contribution in [1.82, 2.24) is 4.31 Å². The minimum absolute atomic E-state index is 0.370. The fourth-order valence-electron chi connectivity index (χ4n) is 0.896. The van der Waals surface area contributed by atoms with Gasteiger partial charge in [0.05, 0.1) is 16.4 Å². The number of hydrogen-bond acceptors (Lipinski definition) is 3. The van der Waals surface area contributed by atoms with E-state index in [-0.39, 0.29) is 0 Å². The molecule has 0 aliphatic carbocycles. The number of halogens is 1. The molecule has 0 atom stereocenters. The summed E-state index contributed by atoms with van der Waals surface area (Å²) >= 11 is 1.87. The second kappa shape index (κ2) is 3.64. The molecule has 0 radical (unpaired) electrons. The predicted molar refractivity (Wildman–Crippen MR) is 46.2 cm³/mol. The van der Waals surface area contributed by atoms with E-state index < -0.39 is 0 Å². The van der Waals surface area contributed by atoms with Gasteiger partial charge in [0.25, 0.3) is 0 Å². The van der Waals surface area contributed by atoms with Crippen molar-refractivity contribution >= 4 is 24.1 Å². The van der Waals surface area contributed by atoms with Crippen LogP contribution in [0.25, 0.3) is 0 Å². The van der Waals surface area contributed by atoms with Crippen LogP contribution in [-0.2, 0) is 0 Å². The molecule has 1 heterocycles. The zero-order valence-corrected chi connectivity index (χ0v) is 7.69. The largest absolute Gasteiger partial charge is 0.245 e. The summed E-state index contributed by atoms with van der Waals surface area (Å²) in [7, 11) is 1.98. The third-order valence-corrected chi connectivity index (χ3v) is 3.17. The molecule has 1 rings (SSSR count). The third kappa shape index (κ3) is 1.68. The maximum absolute atomic E-state index is 12.1. The zero-order valence-electron chi connectivity index (χ0n) is 6.06. The first-order chi connectivity index (χ1) is 4.77. The maximum atomic E-state index is 12.1. The van der Waals surface area contributed by atoms with Crippen molar-refractivity contribution in [1.29, 1.82) is 0 Å². The highest BCUT2D eigenvalue weighted by Crippen LogP contribution is 2.40. The van der Waals surface area contributed by atoms with Gasteiger partial charge in [-0.15, -0.1) is 0 Å². The fraction of sp³-hybridized carbons (Fsp3) is 0.667. The van der Waals surface area contributed by atoms with Crippen molar-refractivity contribution in [3.05, 3.63) is 9.81 Å². The first-order valence-electron chi connectivity index (χ1n) is 3.17. The number of hydrogen-bond donors (Lipinski definition) is 0. The molecule has 0 fully saturated rings. The Hall–Kier alpha value is 0.330. The molecule has 0 saturated heterocycles. The van der Waals surface area contributed by atoms with E-state index in [0.29, 0.717) is 12.1 Å². The van der Waals surface area contributed by atoms with Crippen molar-refractivity contribution in [3.8, 4) is 0 Å². The monoisotopic (exact) mass is 179 g/mol. The summed E-state index contributed by atoms with van der Waals surface area (Å²) in [4.78, 5) is 0. The van der Waals surface area contributed by atoms with Crippen LogP contribution in [0.15, 0.2) is 9.81 Å². The van der Waals surface area contributed by atoms with E-state index in [4.69, 9.17) is 0 Å². The van der Waals surface area contributed by atoms with Crippen molar-refractivity contribution in [3.63, 3.8) is 0 Å². The first-order valence-corrected chi connectivity index (χ1v) is 4.66. The Morgan fingerprint density at radius 1 is 1.80 bits per heavy atom. The van der Waals surface area contributed by atoms with Crippen LogP contribution in [0, 0.1) is 0 Å². The molecule has 10 heavy (non-hydrogen) atoms. The summed E-state index contributed by atoms with van der Waals surface area (Å²) in [5.41, 5.74) is 1.22. The summed E-state index contributed by atoms with van der Waals surface area (Å²) in [5, 5.41) is 0. The van der Waals surface area contributed by atoms with Crippen LogP contribution in [0.2, 0.25) is 0 Å². The van der Waals surface area contributed by atoms with Gasteiger partial charge in [0, 0.05) is 6.54 Å². The van der Waals surface area contributed by atoms with E-state index in [2.05, 4.69) is 6.92 Å². The molecule has 0 unspecified atom stereocenters. The Morgan fingerprint density at radius 3 is 2.90 bits per heavy atom. The minimum atomic E-state index is 0.370.